The molecule has 2 unspecified atom stereocenters. The van der Waals surface area contributed by atoms with Gasteiger partial charge in [0, 0.05) is 10.0 Å². The van der Waals surface area contributed by atoms with Crippen molar-refractivity contribution in [3.63, 3.8) is 0 Å². The number of rotatable bonds is 1. The van der Waals surface area contributed by atoms with Crippen molar-refractivity contribution < 1.29 is 9.50 Å². The van der Waals surface area contributed by atoms with E-state index < -0.39 is 5.60 Å². The molecular formula is C12H12BrFO. The molecule has 0 spiro atoms. The van der Waals surface area contributed by atoms with Gasteiger partial charge in [0.15, 0.2) is 0 Å². The van der Waals surface area contributed by atoms with Gasteiger partial charge in [0.2, 0.25) is 0 Å². The van der Waals surface area contributed by atoms with Crippen molar-refractivity contribution in [3.8, 4) is 0 Å². The third-order valence-corrected chi connectivity index (χ3v) is 4.39. The van der Waals surface area contributed by atoms with E-state index in [0.717, 1.165) is 17.3 Å². The predicted octanol–water partition coefficient (Wildman–Crippen LogP) is 3.21. The van der Waals surface area contributed by atoms with Crippen LogP contribution in [0.2, 0.25) is 0 Å². The molecule has 3 heteroatoms. The molecule has 0 heterocycles. The number of benzene rings is 1. The summed E-state index contributed by atoms with van der Waals surface area (Å²) < 4.78 is 14.4. The minimum absolute atomic E-state index is 0.290. The third kappa shape index (κ3) is 1.23. The Balaban J connectivity index is 2.00. The minimum Gasteiger partial charge on any atom is -0.384 e. The van der Waals surface area contributed by atoms with E-state index in [9.17, 15) is 9.50 Å². The van der Waals surface area contributed by atoms with E-state index in [-0.39, 0.29) is 5.82 Å². The summed E-state index contributed by atoms with van der Waals surface area (Å²) in [7, 11) is 0. The van der Waals surface area contributed by atoms with E-state index in [4.69, 9.17) is 0 Å². The lowest BCUT2D eigenvalue weighted by Crippen LogP contribution is -2.15. The number of aliphatic hydroxyl groups is 1. The molecule has 0 bridgehead atoms. The van der Waals surface area contributed by atoms with Crippen LogP contribution >= 0.6 is 15.9 Å². The van der Waals surface area contributed by atoms with Gasteiger partial charge < -0.3 is 5.11 Å². The maximum Gasteiger partial charge on any atom is 0.130 e. The summed E-state index contributed by atoms with van der Waals surface area (Å²) in [6.45, 7) is 0. The molecule has 2 aliphatic carbocycles. The van der Waals surface area contributed by atoms with Gasteiger partial charge in [-0.1, -0.05) is 28.4 Å². The fourth-order valence-corrected chi connectivity index (χ4v) is 3.47. The van der Waals surface area contributed by atoms with Crippen LogP contribution < -0.4 is 0 Å². The van der Waals surface area contributed by atoms with Crippen LogP contribution in [0.4, 0.5) is 4.39 Å². The third-order valence-electron chi connectivity index (χ3n) is 3.90. The molecule has 0 radical (unpaired) electrons. The number of fused-ring (bicyclic) bond motifs is 1. The molecule has 80 valence electrons. The molecule has 2 atom stereocenters. The topological polar surface area (TPSA) is 20.2 Å². The van der Waals surface area contributed by atoms with Crippen LogP contribution in [0.5, 0.6) is 0 Å². The highest BCUT2D eigenvalue weighted by molar-refractivity contribution is 9.10. The summed E-state index contributed by atoms with van der Waals surface area (Å²) in [5.74, 6) is 0.308. The van der Waals surface area contributed by atoms with Crippen molar-refractivity contribution in [1.29, 1.82) is 0 Å². The highest BCUT2D eigenvalue weighted by Crippen LogP contribution is 2.66. The first-order chi connectivity index (χ1) is 7.14. The summed E-state index contributed by atoms with van der Waals surface area (Å²) in [5.41, 5.74) is -0.372. The van der Waals surface area contributed by atoms with Gasteiger partial charge in [-0.15, -0.1) is 0 Å². The molecule has 0 aromatic heterocycles. The summed E-state index contributed by atoms with van der Waals surface area (Å²) in [6.07, 6.45) is 3.25. The molecule has 1 aromatic rings. The van der Waals surface area contributed by atoms with Crippen LogP contribution in [-0.2, 0) is 5.60 Å². The van der Waals surface area contributed by atoms with Crippen LogP contribution in [-0.4, -0.2) is 5.11 Å². The van der Waals surface area contributed by atoms with Gasteiger partial charge in [0.1, 0.15) is 5.82 Å². The second-order valence-corrected chi connectivity index (χ2v) is 5.51. The molecule has 1 nitrogen and oxygen atoms in total. The lowest BCUT2D eigenvalue weighted by Gasteiger charge is -2.15. The first-order valence-electron chi connectivity index (χ1n) is 5.32. The second-order valence-electron chi connectivity index (χ2n) is 4.59. The van der Waals surface area contributed by atoms with Crippen LogP contribution in [0.15, 0.2) is 22.7 Å². The monoisotopic (exact) mass is 270 g/mol. The smallest absolute Gasteiger partial charge is 0.130 e. The highest BCUT2D eigenvalue weighted by Gasteiger charge is 2.66. The fourth-order valence-electron chi connectivity index (χ4n) is 3.14. The summed E-state index contributed by atoms with van der Waals surface area (Å²) in [5, 5.41) is 10.4. The lowest BCUT2D eigenvalue weighted by atomic mass is 9.99. The average molecular weight is 271 g/mol. The molecule has 0 amide bonds. The molecule has 3 rings (SSSR count). The quantitative estimate of drug-likeness (QED) is 0.831. The Morgan fingerprint density at radius 1 is 1.33 bits per heavy atom. The van der Waals surface area contributed by atoms with Gasteiger partial charge in [0.25, 0.3) is 0 Å². The van der Waals surface area contributed by atoms with E-state index in [0.29, 0.717) is 17.4 Å². The van der Waals surface area contributed by atoms with E-state index in [2.05, 4.69) is 15.9 Å². The SMILES string of the molecule is OC1(c2ccc(Br)cc2F)C2CCCC21. The lowest BCUT2D eigenvalue weighted by molar-refractivity contribution is 0.101. The van der Waals surface area contributed by atoms with Crippen LogP contribution in [0.1, 0.15) is 24.8 Å². The largest absolute Gasteiger partial charge is 0.384 e. The van der Waals surface area contributed by atoms with Gasteiger partial charge in [-0.05, 0) is 36.8 Å². The van der Waals surface area contributed by atoms with Crippen molar-refractivity contribution in [2.75, 3.05) is 0 Å². The van der Waals surface area contributed by atoms with E-state index >= 15 is 0 Å². The Kier molecular flexibility index (Phi) is 1.99. The Labute approximate surface area is 96.4 Å². The molecule has 2 fully saturated rings. The zero-order chi connectivity index (χ0) is 10.6. The normalized spacial score (nSPS) is 37.8. The number of halogens is 2. The standard InChI is InChI=1S/C12H12BrFO/c13-7-4-5-10(11(14)6-7)12(15)8-2-1-3-9(8)12/h4-6,8-9,15H,1-3H2. The summed E-state index contributed by atoms with van der Waals surface area (Å²) >= 11 is 3.22. The van der Waals surface area contributed by atoms with Crippen LogP contribution in [0.3, 0.4) is 0 Å². The fraction of sp³-hybridized carbons (Fsp3) is 0.500. The van der Waals surface area contributed by atoms with E-state index in [1.54, 1.807) is 12.1 Å². The molecule has 2 aliphatic rings. The predicted molar refractivity (Wildman–Crippen MR) is 58.8 cm³/mol. The molecule has 1 N–H and O–H groups in total. The van der Waals surface area contributed by atoms with Crippen molar-refractivity contribution >= 4 is 15.9 Å². The maximum absolute atomic E-state index is 13.7. The molecular weight excluding hydrogens is 259 g/mol. The van der Waals surface area contributed by atoms with Gasteiger partial charge in [0.05, 0.1) is 5.60 Å². The van der Waals surface area contributed by atoms with Crippen molar-refractivity contribution in [2.45, 2.75) is 24.9 Å². The number of hydrogen-bond acceptors (Lipinski definition) is 1. The van der Waals surface area contributed by atoms with Crippen molar-refractivity contribution in [1.82, 2.24) is 0 Å². The maximum atomic E-state index is 13.7. The molecule has 0 saturated heterocycles. The van der Waals surface area contributed by atoms with Crippen LogP contribution in [0.25, 0.3) is 0 Å². The van der Waals surface area contributed by atoms with Gasteiger partial charge >= 0.3 is 0 Å². The van der Waals surface area contributed by atoms with Crippen molar-refractivity contribution in [3.05, 3.63) is 34.1 Å². The van der Waals surface area contributed by atoms with E-state index in [1.807, 2.05) is 0 Å². The molecule has 0 aliphatic heterocycles. The highest BCUT2D eigenvalue weighted by atomic mass is 79.9. The second kappa shape index (κ2) is 3.05. The van der Waals surface area contributed by atoms with Crippen molar-refractivity contribution in [2.24, 2.45) is 11.8 Å². The molecule has 1 aromatic carbocycles. The Bertz CT molecular complexity index is 408. The Hall–Kier alpha value is -0.410. The number of hydrogen-bond donors (Lipinski definition) is 1. The Morgan fingerprint density at radius 3 is 2.60 bits per heavy atom. The Morgan fingerprint density at radius 2 is 2.00 bits per heavy atom. The minimum atomic E-state index is -0.858. The average Bonchev–Trinajstić information content (AvgIpc) is 2.63. The van der Waals surface area contributed by atoms with E-state index in [1.165, 1.54) is 12.5 Å². The summed E-state index contributed by atoms with van der Waals surface area (Å²) in [4.78, 5) is 0. The first kappa shape index (κ1) is 9.79. The zero-order valence-corrected chi connectivity index (χ0v) is 9.80. The van der Waals surface area contributed by atoms with Gasteiger partial charge in [-0.2, -0.15) is 0 Å². The molecule has 15 heavy (non-hydrogen) atoms. The van der Waals surface area contributed by atoms with Crippen LogP contribution in [0, 0.1) is 17.7 Å². The zero-order valence-electron chi connectivity index (χ0n) is 8.21. The van der Waals surface area contributed by atoms with Gasteiger partial charge in [-0.3, -0.25) is 0 Å². The molecule has 2 saturated carbocycles. The summed E-state index contributed by atoms with van der Waals surface area (Å²) in [6, 6.07) is 4.93. The van der Waals surface area contributed by atoms with Gasteiger partial charge in [-0.25, -0.2) is 4.39 Å². The first-order valence-corrected chi connectivity index (χ1v) is 6.11.